The number of ether oxygens (including phenoxy) is 1. The molecule has 0 N–H and O–H groups in total. The largest absolute Gasteiger partial charge is 0.462 e. The van der Waals surface area contributed by atoms with E-state index in [4.69, 9.17) is 14.7 Å². The van der Waals surface area contributed by atoms with E-state index in [0.717, 1.165) is 50.3 Å². The third-order valence-electron chi connectivity index (χ3n) is 9.42. The molecular formula is C30H36FN5O. The number of likely N-dealkylation sites (N-methyl/N-ethyl adjacent to an activating group) is 1. The zero-order valence-corrected chi connectivity index (χ0v) is 21.9. The Kier molecular flexibility index (Phi) is 5.79. The van der Waals surface area contributed by atoms with Crippen molar-refractivity contribution < 1.29 is 9.13 Å². The number of benzene rings is 1. The van der Waals surface area contributed by atoms with E-state index in [1.165, 1.54) is 36.8 Å². The fourth-order valence-corrected chi connectivity index (χ4v) is 7.39. The molecule has 7 rings (SSSR count). The highest BCUT2D eigenvalue weighted by Gasteiger charge is 2.35. The Balaban J connectivity index is 1.33. The van der Waals surface area contributed by atoms with Crippen LogP contribution in [0.1, 0.15) is 62.5 Å². The standard InChI is InChI=1S/C30H36FN5O/c1-18-8-11-21-5-3-7-23(25(18)21)27-26(31)28-24(14-32-27)29(36-15-19-9-10-20(13-19)16-36)34-30(33-28)37-17-22-6-4-12-35(22)2/h3,5,7,14,18-20,22H,4,6,8-13,15-17H2,1-2H3/t18?,19?,20?,22-/m0/s1. The highest BCUT2D eigenvalue weighted by Crippen LogP contribution is 2.43. The smallest absolute Gasteiger partial charge is 0.319 e. The first-order valence-electron chi connectivity index (χ1n) is 14.1. The second-order valence-electron chi connectivity index (χ2n) is 11.9. The van der Waals surface area contributed by atoms with E-state index in [1.807, 2.05) is 12.1 Å². The Morgan fingerprint density at radius 3 is 2.70 bits per heavy atom. The first kappa shape index (κ1) is 23.3. The second kappa shape index (κ2) is 9.19. The summed E-state index contributed by atoms with van der Waals surface area (Å²) < 4.78 is 22.6. The van der Waals surface area contributed by atoms with Crippen LogP contribution in [0.15, 0.2) is 24.4 Å². The summed E-state index contributed by atoms with van der Waals surface area (Å²) in [6.45, 7) is 5.75. The molecule has 2 saturated heterocycles. The Bertz CT molecular complexity index is 1330. The van der Waals surface area contributed by atoms with E-state index in [2.05, 4.69) is 34.8 Å². The van der Waals surface area contributed by atoms with Gasteiger partial charge in [0.1, 0.15) is 23.6 Å². The SMILES string of the molecule is CC1CCc2cccc(-c3ncc4c(N5CC6CCC(C6)C5)nc(OC[C@@H]5CCCN5C)nc4c3F)c21. The fraction of sp³-hybridized carbons (Fsp3) is 0.567. The molecule has 7 heteroatoms. The molecule has 0 spiro atoms. The minimum atomic E-state index is -0.364. The molecule has 1 aromatic carbocycles. The molecule has 3 unspecified atom stereocenters. The number of anilines is 1. The highest BCUT2D eigenvalue weighted by atomic mass is 19.1. The zero-order valence-electron chi connectivity index (χ0n) is 21.9. The number of aromatic nitrogens is 3. The van der Waals surface area contributed by atoms with Crippen molar-refractivity contribution in [3.05, 3.63) is 41.3 Å². The molecule has 37 heavy (non-hydrogen) atoms. The van der Waals surface area contributed by atoms with Crippen molar-refractivity contribution in [3.63, 3.8) is 0 Å². The molecule has 0 radical (unpaired) electrons. The lowest BCUT2D eigenvalue weighted by molar-refractivity contribution is 0.188. The molecule has 0 amide bonds. The normalized spacial score (nSPS) is 27.3. The molecule has 4 aliphatic rings. The molecule has 4 heterocycles. The van der Waals surface area contributed by atoms with Crippen molar-refractivity contribution in [1.82, 2.24) is 19.9 Å². The lowest BCUT2D eigenvalue weighted by Crippen LogP contribution is -2.37. The third-order valence-corrected chi connectivity index (χ3v) is 9.42. The molecular weight excluding hydrogens is 465 g/mol. The summed E-state index contributed by atoms with van der Waals surface area (Å²) in [7, 11) is 2.13. The van der Waals surface area contributed by atoms with Crippen LogP contribution in [0.2, 0.25) is 0 Å². The van der Waals surface area contributed by atoms with Gasteiger partial charge in [0.25, 0.3) is 0 Å². The monoisotopic (exact) mass is 501 g/mol. The fourth-order valence-electron chi connectivity index (χ4n) is 7.39. The van der Waals surface area contributed by atoms with Crippen LogP contribution >= 0.6 is 0 Å². The van der Waals surface area contributed by atoms with Crippen molar-refractivity contribution in [2.75, 3.05) is 38.2 Å². The quantitative estimate of drug-likeness (QED) is 0.454. The molecule has 194 valence electrons. The molecule has 6 nitrogen and oxygen atoms in total. The van der Waals surface area contributed by atoms with Crippen LogP contribution in [0.3, 0.4) is 0 Å². The van der Waals surface area contributed by atoms with Gasteiger partial charge in [-0.25, -0.2) is 4.39 Å². The van der Waals surface area contributed by atoms with E-state index >= 15 is 4.39 Å². The van der Waals surface area contributed by atoms with Gasteiger partial charge in [0.15, 0.2) is 5.82 Å². The molecule has 3 fully saturated rings. The minimum absolute atomic E-state index is 0.281. The summed E-state index contributed by atoms with van der Waals surface area (Å²) in [5, 5.41) is 0.688. The Morgan fingerprint density at radius 2 is 1.92 bits per heavy atom. The highest BCUT2D eigenvalue weighted by molar-refractivity contribution is 5.92. The lowest BCUT2D eigenvalue weighted by atomic mass is 9.94. The maximum absolute atomic E-state index is 16.4. The van der Waals surface area contributed by atoms with Crippen LogP contribution in [0.5, 0.6) is 6.01 Å². The average Bonchev–Trinajstić information content (AvgIpc) is 3.60. The van der Waals surface area contributed by atoms with Gasteiger partial charge in [-0.15, -0.1) is 0 Å². The Labute approximate surface area is 218 Å². The van der Waals surface area contributed by atoms with Crippen molar-refractivity contribution in [1.29, 1.82) is 0 Å². The van der Waals surface area contributed by atoms with E-state index < -0.39 is 0 Å². The maximum Gasteiger partial charge on any atom is 0.319 e. The van der Waals surface area contributed by atoms with Gasteiger partial charge in [0.2, 0.25) is 0 Å². The Hall–Kier alpha value is -2.80. The van der Waals surface area contributed by atoms with Crippen LogP contribution in [0.25, 0.3) is 22.2 Å². The summed E-state index contributed by atoms with van der Waals surface area (Å²) in [4.78, 5) is 18.9. The number of likely N-dealkylation sites (tertiary alicyclic amines) is 1. The van der Waals surface area contributed by atoms with E-state index in [0.29, 0.717) is 47.0 Å². The zero-order chi connectivity index (χ0) is 25.1. The predicted octanol–water partition coefficient (Wildman–Crippen LogP) is 5.59. The first-order chi connectivity index (χ1) is 18.0. The number of hydrogen-bond acceptors (Lipinski definition) is 6. The van der Waals surface area contributed by atoms with Gasteiger partial charge in [0, 0.05) is 30.9 Å². The average molecular weight is 502 g/mol. The number of halogens is 1. The number of piperidine rings is 1. The van der Waals surface area contributed by atoms with Crippen LogP contribution < -0.4 is 9.64 Å². The van der Waals surface area contributed by atoms with Crippen LogP contribution in [-0.4, -0.2) is 59.2 Å². The van der Waals surface area contributed by atoms with Crippen molar-refractivity contribution in [2.24, 2.45) is 11.8 Å². The van der Waals surface area contributed by atoms with Crippen LogP contribution in [-0.2, 0) is 6.42 Å². The van der Waals surface area contributed by atoms with E-state index in [9.17, 15) is 0 Å². The Morgan fingerprint density at radius 1 is 1.08 bits per heavy atom. The number of nitrogens with zero attached hydrogens (tertiary/aromatic N) is 5. The van der Waals surface area contributed by atoms with Gasteiger partial charge >= 0.3 is 6.01 Å². The summed E-state index contributed by atoms with van der Waals surface area (Å²) in [5.41, 5.74) is 4.15. The van der Waals surface area contributed by atoms with Gasteiger partial charge in [0.05, 0.1) is 5.39 Å². The van der Waals surface area contributed by atoms with Gasteiger partial charge in [-0.2, -0.15) is 9.97 Å². The van der Waals surface area contributed by atoms with E-state index in [-0.39, 0.29) is 11.8 Å². The minimum Gasteiger partial charge on any atom is -0.462 e. The number of hydrogen-bond donors (Lipinski definition) is 0. The number of aryl methyl sites for hydroxylation is 1. The topological polar surface area (TPSA) is 54.4 Å². The maximum atomic E-state index is 16.4. The first-order valence-corrected chi connectivity index (χ1v) is 14.1. The number of pyridine rings is 1. The molecule has 3 aromatic rings. The predicted molar refractivity (Wildman–Crippen MR) is 144 cm³/mol. The van der Waals surface area contributed by atoms with Gasteiger partial charge in [-0.3, -0.25) is 4.98 Å². The molecule has 2 bridgehead atoms. The van der Waals surface area contributed by atoms with E-state index in [1.54, 1.807) is 6.20 Å². The summed E-state index contributed by atoms with van der Waals surface area (Å²) in [6, 6.07) is 6.83. The third kappa shape index (κ3) is 4.06. The molecule has 2 aromatic heterocycles. The summed E-state index contributed by atoms with van der Waals surface area (Å²) in [5.74, 6) is 2.18. The van der Waals surface area contributed by atoms with Crippen molar-refractivity contribution in [2.45, 2.75) is 63.8 Å². The lowest BCUT2D eigenvalue weighted by Gasteiger charge is -2.33. The number of fused-ring (bicyclic) bond motifs is 4. The molecule has 4 atom stereocenters. The van der Waals surface area contributed by atoms with Crippen LogP contribution in [0, 0.1) is 17.7 Å². The molecule has 2 aliphatic heterocycles. The van der Waals surface area contributed by atoms with Gasteiger partial charge < -0.3 is 14.5 Å². The van der Waals surface area contributed by atoms with Crippen LogP contribution in [0.4, 0.5) is 10.2 Å². The molecule has 2 aliphatic carbocycles. The van der Waals surface area contributed by atoms with Crippen molar-refractivity contribution >= 4 is 16.7 Å². The summed E-state index contributed by atoms with van der Waals surface area (Å²) in [6.07, 6.45) is 10.1. The number of rotatable bonds is 5. The summed E-state index contributed by atoms with van der Waals surface area (Å²) >= 11 is 0. The second-order valence-corrected chi connectivity index (χ2v) is 11.9. The van der Waals surface area contributed by atoms with Gasteiger partial charge in [-0.1, -0.05) is 25.1 Å². The van der Waals surface area contributed by atoms with Crippen molar-refractivity contribution in [3.8, 4) is 17.3 Å². The van der Waals surface area contributed by atoms with Gasteiger partial charge in [-0.05, 0) is 87.4 Å². The molecule has 1 saturated carbocycles.